The number of hydrogen-bond acceptors (Lipinski definition) is 4. The van der Waals surface area contributed by atoms with Gasteiger partial charge in [0.15, 0.2) is 6.10 Å². The zero-order chi connectivity index (χ0) is 14.5. The molecule has 20 heavy (non-hydrogen) atoms. The maximum atomic E-state index is 11.8. The standard InChI is InChI=1S/C12H13ClN4O3/c13-8-4-2-1-3-7(8)10(18)11(19)14-6-5-9-15-12(20)17-16-9/h1-4,10,18H,5-6H2,(H,14,19)(H2,15,16,17,20)/t10-/m1/s1. The summed E-state index contributed by atoms with van der Waals surface area (Å²) in [5.74, 6) is -0.126. The van der Waals surface area contributed by atoms with Crippen LogP contribution in [0.3, 0.4) is 0 Å². The lowest BCUT2D eigenvalue weighted by Crippen LogP contribution is -2.31. The van der Waals surface area contributed by atoms with E-state index in [4.69, 9.17) is 11.6 Å². The van der Waals surface area contributed by atoms with Gasteiger partial charge in [-0.15, -0.1) is 0 Å². The Morgan fingerprint density at radius 1 is 1.45 bits per heavy atom. The average Bonchev–Trinajstić information content (AvgIpc) is 2.84. The number of carbonyl (C=O) groups is 1. The highest BCUT2D eigenvalue weighted by Crippen LogP contribution is 2.22. The first-order chi connectivity index (χ1) is 9.58. The molecule has 0 aliphatic rings. The molecule has 0 aliphatic carbocycles. The van der Waals surface area contributed by atoms with Gasteiger partial charge in [-0.05, 0) is 6.07 Å². The number of halogens is 1. The molecule has 7 nitrogen and oxygen atoms in total. The van der Waals surface area contributed by atoms with Crippen molar-refractivity contribution >= 4 is 17.5 Å². The van der Waals surface area contributed by atoms with Crippen LogP contribution < -0.4 is 11.0 Å². The molecule has 0 saturated heterocycles. The van der Waals surface area contributed by atoms with Crippen LogP contribution in [0.2, 0.25) is 5.02 Å². The Labute approximate surface area is 119 Å². The van der Waals surface area contributed by atoms with Crippen LogP contribution >= 0.6 is 11.6 Å². The van der Waals surface area contributed by atoms with E-state index in [1.54, 1.807) is 24.3 Å². The Morgan fingerprint density at radius 2 is 2.20 bits per heavy atom. The zero-order valence-corrected chi connectivity index (χ0v) is 11.1. The summed E-state index contributed by atoms with van der Waals surface area (Å²) in [6.45, 7) is 0.237. The fraction of sp³-hybridized carbons (Fsp3) is 0.250. The van der Waals surface area contributed by atoms with E-state index in [0.29, 0.717) is 22.8 Å². The van der Waals surface area contributed by atoms with Gasteiger partial charge in [-0.3, -0.25) is 9.78 Å². The number of nitrogens with zero attached hydrogens (tertiary/aromatic N) is 1. The molecule has 4 N–H and O–H groups in total. The minimum Gasteiger partial charge on any atom is -0.378 e. The third-order valence-electron chi connectivity index (χ3n) is 2.66. The number of aromatic amines is 2. The van der Waals surface area contributed by atoms with Crippen LogP contribution in [0.5, 0.6) is 0 Å². The maximum Gasteiger partial charge on any atom is 0.340 e. The van der Waals surface area contributed by atoms with Gasteiger partial charge in [0, 0.05) is 23.6 Å². The Balaban J connectivity index is 1.88. The highest BCUT2D eigenvalue weighted by atomic mass is 35.5. The Morgan fingerprint density at radius 3 is 2.85 bits per heavy atom. The number of amides is 1. The predicted octanol–water partition coefficient (Wildman–Crippen LogP) is 0.144. The molecule has 2 aromatic rings. The van der Waals surface area contributed by atoms with Crippen molar-refractivity contribution < 1.29 is 9.90 Å². The van der Waals surface area contributed by atoms with Crippen LogP contribution in [0.25, 0.3) is 0 Å². The van der Waals surface area contributed by atoms with Crippen molar-refractivity contribution in [3.63, 3.8) is 0 Å². The number of hydrogen-bond donors (Lipinski definition) is 4. The summed E-state index contributed by atoms with van der Waals surface area (Å²) in [4.78, 5) is 25.0. The van der Waals surface area contributed by atoms with Gasteiger partial charge in [-0.25, -0.2) is 9.89 Å². The Kier molecular flexibility index (Phi) is 4.54. The summed E-state index contributed by atoms with van der Waals surface area (Å²) in [6.07, 6.45) is -0.985. The van der Waals surface area contributed by atoms with Crippen LogP contribution in [0.4, 0.5) is 0 Å². The molecule has 0 saturated carbocycles. The fourth-order valence-corrected chi connectivity index (χ4v) is 1.90. The monoisotopic (exact) mass is 296 g/mol. The summed E-state index contributed by atoms with van der Waals surface area (Å²) < 4.78 is 0. The molecule has 1 heterocycles. The lowest BCUT2D eigenvalue weighted by molar-refractivity contribution is -0.129. The number of aliphatic hydroxyl groups excluding tert-OH is 1. The van der Waals surface area contributed by atoms with Gasteiger partial charge in [0.1, 0.15) is 5.82 Å². The summed E-state index contributed by atoms with van der Waals surface area (Å²) in [5, 5.41) is 18.7. The molecule has 1 atom stereocenters. The number of aliphatic hydroxyl groups is 1. The van der Waals surface area contributed by atoms with E-state index >= 15 is 0 Å². The van der Waals surface area contributed by atoms with E-state index in [-0.39, 0.29) is 6.54 Å². The molecule has 0 fully saturated rings. The molecule has 0 radical (unpaired) electrons. The van der Waals surface area contributed by atoms with Crippen molar-refractivity contribution in [2.45, 2.75) is 12.5 Å². The highest BCUT2D eigenvalue weighted by Gasteiger charge is 2.19. The van der Waals surface area contributed by atoms with Gasteiger partial charge in [0.2, 0.25) is 0 Å². The topological polar surface area (TPSA) is 111 Å². The first kappa shape index (κ1) is 14.3. The van der Waals surface area contributed by atoms with Gasteiger partial charge < -0.3 is 10.4 Å². The molecular formula is C12H13ClN4O3. The number of carbonyl (C=O) groups excluding carboxylic acids is 1. The third-order valence-corrected chi connectivity index (χ3v) is 3.00. The van der Waals surface area contributed by atoms with E-state index in [0.717, 1.165) is 0 Å². The predicted molar refractivity (Wildman–Crippen MR) is 72.3 cm³/mol. The van der Waals surface area contributed by atoms with Crippen LogP contribution in [-0.2, 0) is 11.2 Å². The fourth-order valence-electron chi connectivity index (χ4n) is 1.66. The number of rotatable bonds is 5. The van der Waals surface area contributed by atoms with Crippen LogP contribution in [0, 0.1) is 0 Å². The number of benzene rings is 1. The van der Waals surface area contributed by atoms with Gasteiger partial charge in [0.25, 0.3) is 5.91 Å². The van der Waals surface area contributed by atoms with E-state index in [1.807, 2.05) is 0 Å². The first-order valence-corrected chi connectivity index (χ1v) is 6.29. The highest BCUT2D eigenvalue weighted by molar-refractivity contribution is 6.31. The minimum atomic E-state index is -1.33. The molecule has 1 amide bonds. The van der Waals surface area contributed by atoms with Crippen LogP contribution in [0.15, 0.2) is 29.1 Å². The zero-order valence-electron chi connectivity index (χ0n) is 10.4. The van der Waals surface area contributed by atoms with Gasteiger partial charge in [-0.2, -0.15) is 5.10 Å². The molecule has 0 bridgehead atoms. The molecule has 0 aliphatic heterocycles. The van der Waals surface area contributed by atoms with Crippen LogP contribution in [-0.4, -0.2) is 32.7 Å². The summed E-state index contributed by atoms with van der Waals surface area (Å²) in [7, 11) is 0. The van der Waals surface area contributed by atoms with Crippen molar-refractivity contribution in [3.8, 4) is 0 Å². The molecule has 106 valence electrons. The molecule has 1 aromatic carbocycles. The van der Waals surface area contributed by atoms with E-state index in [2.05, 4.69) is 20.5 Å². The average molecular weight is 297 g/mol. The molecule has 1 aromatic heterocycles. The minimum absolute atomic E-state index is 0.237. The van der Waals surface area contributed by atoms with Crippen molar-refractivity contribution in [1.82, 2.24) is 20.5 Å². The quantitative estimate of drug-likeness (QED) is 0.629. The normalized spacial score (nSPS) is 12.1. The Hall–Kier alpha value is -2.12. The Bertz CT molecular complexity index is 652. The van der Waals surface area contributed by atoms with Crippen molar-refractivity contribution in [2.24, 2.45) is 0 Å². The maximum absolute atomic E-state index is 11.8. The largest absolute Gasteiger partial charge is 0.378 e. The van der Waals surface area contributed by atoms with Crippen LogP contribution in [0.1, 0.15) is 17.5 Å². The lowest BCUT2D eigenvalue weighted by Gasteiger charge is -2.12. The summed E-state index contributed by atoms with van der Waals surface area (Å²) >= 11 is 5.90. The van der Waals surface area contributed by atoms with Crippen molar-refractivity contribution in [2.75, 3.05) is 6.54 Å². The summed E-state index contributed by atoms with van der Waals surface area (Å²) in [5.41, 5.74) is -0.0535. The molecule has 0 spiro atoms. The third kappa shape index (κ3) is 3.46. The number of H-pyrrole nitrogens is 2. The lowest BCUT2D eigenvalue weighted by atomic mass is 10.1. The van der Waals surface area contributed by atoms with Gasteiger partial charge >= 0.3 is 5.69 Å². The second kappa shape index (κ2) is 6.36. The SMILES string of the molecule is O=C(NCCc1n[nH]c(=O)[nH]1)[C@H](O)c1ccccc1Cl. The van der Waals surface area contributed by atoms with E-state index in [9.17, 15) is 14.7 Å². The molecular weight excluding hydrogens is 284 g/mol. The van der Waals surface area contributed by atoms with Gasteiger partial charge in [-0.1, -0.05) is 29.8 Å². The molecule has 2 rings (SSSR count). The number of nitrogens with one attached hydrogen (secondary N) is 3. The van der Waals surface area contributed by atoms with E-state index < -0.39 is 17.7 Å². The second-order valence-corrected chi connectivity index (χ2v) is 4.50. The molecule has 8 heteroatoms. The molecule has 0 unspecified atom stereocenters. The van der Waals surface area contributed by atoms with Crippen molar-refractivity contribution in [1.29, 1.82) is 0 Å². The van der Waals surface area contributed by atoms with Crippen molar-refractivity contribution in [3.05, 3.63) is 51.2 Å². The van der Waals surface area contributed by atoms with E-state index in [1.165, 1.54) is 0 Å². The summed E-state index contributed by atoms with van der Waals surface area (Å²) in [6, 6.07) is 6.58. The second-order valence-electron chi connectivity index (χ2n) is 4.09. The first-order valence-electron chi connectivity index (χ1n) is 5.91. The smallest absolute Gasteiger partial charge is 0.340 e. The number of aromatic nitrogens is 3. The van der Waals surface area contributed by atoms with Gasteiger partial charge in [0.05, 0.1) is 0 Å².